The second-order valence-electron chi connectivity index (χ2n) is 6.86. The van der Waals surface area contributed by atoms with Crippen LogP contribution in [0, 0.1) is 0 Å². The molecule has 0 aromatic carbocycles. The molecule has 2 saturated heterocycles. The average Bonchev–Trinajstić information content (AvgIpc) is 3.34. The Morgan fingerprint density at radius 3 is 2.96 bits per heavy atom. The molecule has 0 amide bonds. The summed E-state index contributed by atoms with van der Waals surface area (Å²) in [5.74, 6) is 0.933. The third-order valence-corrected chi connectivity index (χ3v) is 5.11. The predicted molar refractivity (Wildman–Crippen MR) is 84.5 cm³/mol. The Morgan fingerprint density at radius 2 is 2.13 bits per heavy atom. The summed E-state index contributed by atoms with van der Waals surface area (Å²) in [6.07, 6.45) is 8.14. The summed E-state index contributed by atoms with van der Waals surface area (Å²) in [7, 11) is 0. The number of aromatic nitrogens is 4. The molecule has 3 fully saturated rings. The summed E-state index contributed by atoms with van der Waals surface area (Å²) in [6.45, 7) is 3.88. The SMILES string of the molecule is c1nc(N2CCOC3(CCCOC3)C2)c2ncn(C3CC3)c2n1. The highest BCUT2D eigenvalue weighted by Gasteiger charge is 2.39. The van der Waals surface area contributed by atoms with Crippen molar-refractivity contribution in [3.05, 3.63) is 12.7 Å². The standard InChI is InChI=1S/C16H21N5O2/c1-4-16(9-22-6-1)8-20(5-7-23-16)14-13-15(18-10-17-14)21(11-19-13)12-2-3-12/h10-12H,1-9H2. The Labute approximate surface area is 134 Å². The quantitative estimate of drug-likeness (QED) is 0.838. The van der Waals surface area contributed by atoms with E-state index in [4.69, 9.17) is 9.47 Å². The fraction of sp³-hybridized carbons (Fsp3) is 0.688. The van der Waals surface area contributed by atoms with Gasteiger partial charge < -0.3 is 18.9 Å². The van der Waals surface area contributed by atoms with Crippen LogP contribution in [0.5, 0.6) is 0 Å². The fourth-order valence-corrected chi connectivity index (χ4v) is 3.78. The maximum absolute atomic E-state index is 6.09. The van der Waals surface area contributed by atoms with Crippen molar-refractivity contribution in [2.45, 2.75) is 37.3 Å². The minimum atomic E-state index is -0.188. The number of rotatable bonds is 2. The average molecular weight is 315 g/mol. The smallest absolute Gasteiger partial charge is 0.165 e. The van der Waals surface area contributed by atoms with Crippen LogP contribution in [0.1, 0.15) is 31.7 Å². The van der Waals surface area contributed by atoms with E-state index in [1.807, 2.05) is 6.33 Å². The van der Waals surface area contributed by atoms with Crippen molar-refractivity contribution >= 4 is 17.0 Å². The van der Waals surface area contributed by atoms with Crippen LogP contribution in [-0.2, 0) is 9.47 Å². The van der Waals surface area contributed by atoms with Crippen LogP contribution in [0.2, 0.25) is 0 Å². The number of morpholine rings is 1. The molecule has 7 heteroatoms. The lowest BCUT2D eigenvalue weighted by Gasteiger charge is -2.44. The molecule has 1 unspecified atom stereocenters. The zero-order chi connectivity index (χ0) is 15.3. The van der Waals surface area contributed by atoms with E-state index >= 15 is 0 Å². The van der Waals surface area contributed by atoms with Gasteiger partial charge in [-0.15, -0.1) is 0 Å². The van der Waals surface area contributed by atoms with Crippen LogP contribution in [-0.4, -0.2) is 58.0 Å². The molecule has 2 aromatic rings. The van der Waals surface area contributed by atoms with E-state index in [-0.39, 0.29) is 5.60 Å². The van der Waals surface area contributed by atoms with Gasteiger partial charge in [-0.05, 0) is 25.7 Å². The number of hydrogen-bond donors (Lipinski definition) is 0. The van der Waals surface area contributed by atoms with Crippen LogP contribution >= 0.6 is 0 Å². The zero-order valence-corrected chi connectivity index (χ0v) is 13.1. The second-order valence-corrected chi connectivity index (χ2v) is 6.86. The summed E-state index contributed by atoms with van der Waals surface area (Å²) in [6, 6.07) is 0.575. The van der Waals surface area contributed by atoms with E-state index in [2.05, 4.69) is 24.4 Å². The van der Waals surface area contributed by atoms with Gasteiger partial charge in [0.1, 0.15) is 11.9 Å². The van der Waals surface area contributed by atoms with E-state index in [0.717, 1.165) is 49.5 Å². The minimum absolute atomic E-state index is 0.188. The van der Waals surface area contributed by atoms with Crippen molar-refractivity contribution in [2.75, 3.05) is 37.8 Å². The monoisotopic (exact) mass is 315 g/mol. The summed E-state index contributed by atoms with van der Waals surface area (Å²) in [5.41, 5.74) is 1.68. The molecule has 4 heterocycles. The molecule has 0 bridgehead atoms. The van der Waals surface area contributed by atoms with Crippen LogP contribution in [0.3, 0.4) is 0 Å². The Kier molecular flexibility index (Phi) is 3.06. The van der Waals surface area contributed by atoms with Gasteiger partial charge in [-0.1, -0.05) is 0 Å². The zero-order valence-electron chi connectivity index (χ0n) is 13.1. The molecule has 2 aromatic heterocycles. The first kappa shape index (κ1) is 13.7. The molecule has 0 radical (unpaired) electrons. The van der Waals surface area contributed by atoms with Crippen molar-refractivity contribution in [1.82, 2.24) is 19.5 Å². The number of hydrogen-bond acceptors (Lipinski definition) is 6. The van der Waals surface area contributed by atoms with Gasteiger partial charge in [0, 0.05) is 19.2 Å². The van der Waals surface area contributed by atoms with Gasteiger partial charge in [0.15, 0.2) is 17.0 Å². The van der Waals surface area contributed by atoms with E-state index in [0.29, 0.717) is 19.3 Å². The lowest BCUT2D eigenvalue weighted by atomic mass is 9.94. The van der Waals surface area contributed by atoms with E-state index in [1.165, 1.54) is 12.8 Å². The lowest BCUT2D eigenvalue weighted by molar-refractivity contribution is -0.133. The van der Waals surface area contributed by atoms with E-state index < -0.39 is 0 Å². The van der Waals surface area contributed by atoms with Crippen LogP contribution < -0.4 is 4.90 Å². The van der Waals surface area contributed by atoms with Crippen LogP contribution in [0.25, 0.3) is 11.2 Å². The van der Waals surface area contributed by atoms with Gasteiger partial charge in [0.05, 0.1) is 26.1 Å². The first-order chi connectivity index (χ1) is 11.3. The highest BCUT2D eigenvalue weighted by molar-refractivity contribution is 5.83. The maximum Gasteiger partial charge on any atom is 0.165 e. The summed E-state index contributed by atoms with van der Waals surface area (Å²) in [4.78, 5) is 15.9. The summed E-state index contributed by atoms with van der Waals surface area (Å²) < 4.78 is 14.0. The van der Waals surface area contributed by atoms with Gasteiger partial charge in [0.25, 0.3) is 0 Å². The lowest BCUT2D eigenvalue weighted by Crippen LogP contribution is -2.56. The summed E-state index contributed by atoms with van der Waals surface area (Å²) in [5, 5.41) is 0. The van der Waals surface area contributed by atoms with Crippen LogP contribution in [0.15, 0.2) is 12.7 Å². The molecule has 122 valence electrons. The first-order valence-electron chi connectivity index (χ1n) is 8.49. The molecule has 1 aliphatic carbocycles. The number of ether oxygens (including phenoxy) is 2. The minimum Gasteiger partial charge on any atom is -0.378 e. The Balaban J connectivity index is 1.50. The maximum atomic E-state index is 6.09. The second kappa shape index (κ2) is 5.14. The van der Waals surface area contributed by atoms with Gasteiger partial charge >= 0.3 is 0 Å². The fourth-order valence-electron chi connectivity index (χ4n) is 3.78. The number of nitrogens with zero attached hydrogens (tertiary/aromatic N) is 5. The third-order valence-electron chi connectivity index (χ3n) is 5.11. The van der Waals surface area contributed by atoms with Crippen molar-refractivity contribution in [3.8, 4) is 0 Å². The highest BCUT2D eigenvalue weighted by Crippen LogP contribution is 2.38. The molecule has 1 spiro atoms. The first-order valence-corrected chi connectivity index (χ1v) is 8.49. The predicted octanol–water partition coefficient (Wildman–Crippen LogP) is 1.55. The highest BCUT2D eigenvalue weighted by atomic mass is 16.5. The Morgan fingerprint density at radius 1 is 1.17 bits per heavy atom. The van der Waals surface area contributed by atoms with Gasteiger partial charge in [-0.3, -0.25) is 0 Å². The molecule has 3 aliphatic rings. The van der Waals surface area contributed by atoms with Gasteiger partial charge in [0.2, 0.25) is 0 Å². The number of imidazole rings is 1. The molecule has 5 rings (SSSR count). The molecule has 0 N–H and O–H groups in total. The molecule has 2 aliphatic heterocycles. The summed E-state index contributed by atoms with van der Waals surface area (Å²) >= 11 is 0. The number of anilines is 1. The normalized spacial score (nSPS) is 28.6. The van der Waals surface area contributed by atoms with Crippen molar-refractivity contribution in [1.29, 1.82) is 0 Å². The molecular weight excluding hydrogens is 294 g/mol. The Bertz CT molecular complexity index is 715. The molecule has 1 atom stereocenters. The largest absolute Gasteiger partial charge is 0.378 e. The van der Waals surface area contributed by atoms with Crippen LogP contribution in [0.4, 0.5) is 5.82 Å². The molecule has 1 saturated carbocycles. The molecular formula is C16H21N5O2. The van der Waals surface area contributed by atoms with Crippen molar-refractivity contribution < 1.29 is 9.47 Å². The van der Waals surface area contributed by atoms with E-state index in [1.54, 1.807) is 6.33 Å². The Hall–Kier alpha value is -1.73. The van der Waals surface area contributed by atoms with Crippen molar-refractivity contribution in [2.24, 2.45) is 0 Å². The molecule has 7 nitrogen and oxygen atoms in total. The number of fused-ring (bicyclic) bond motifs is 1. The van der Waals surface area contributed by atoms with Crippen molar-refractivity contribution in [3.63, 3.8) is 0 Å². The third kappa shape index (κ3) is 2.30. The molecule has 23 heavy (non-hydrogen) atoms. The van der Waals surface area contributed by atoms with Gasteiger partial charge in [-0.25, -0.2) is 15.0 Å². The van der Waals surface area contributed by atoms with E-state index in [9.17, 15) is 0 Å². The van der Waals surface area contributed by atoms with Gasteiger partial charge in [-0.2, -0.15) is 0 Å². The topological polar surface area (TPSA) is 65.3 Å².